The summed E-state index contributed by atoms with van der Waals surface area (Å²) in [6.07, 6.45) is 2.96. The number of hydrogen-bond acceptors (Lipinski definition) is 5. The van der Waals surface area contributed by atoms with E-state index in [1.54, 1.807) is 4.90 Å². The molecule has 0 aromatic carbocycles. The Hall–Kier alpha value is -1.69. The fourth-order valence-electron chi connectivity index (χ4n) is 1.32. The van der Waals surface area contributed by atoms with E-state index in [1.165, 1.54) is 12.4 Å². The Morgan fingerprint density at radius 1 is 1.43 bits per heavy atom. The molecule has 1 saturated heterocycles. The topological polar surface area (TPSA) is 84.1 Å². The molecule has 14 heavy (non-hydrogen) atoms. The van der Waals surface area contributed by atoms with E-state index in [0.717, 1.165) is 6.54 Å². The number of nitrogen functional groups attached to an aromatic ring is 1. The third-order valence-corrected chi connectivity index (χ3v) is 2.02. The van der Waals surface area contributed by atoms with Crippen LogP contribution in [0.2, 0.25) is 0 Å². The zero-order valence-corrected chi connectivity index (χ0v) is 7.60. The number of nitrogens with zero attached hydrogens (tertiary/aromatic N) is 3. The number of anilines is 2. The molecule has 1 aliphatic heterocycles. The number of nitrogens with two attached hydrogens (primary N) is 1. The van der Waals surface area contributed by atoms with E-state index in [-0.39, 0.29) is 5.91 Å². The first-order valence-electron chi connectivity index (χ1n) is 4.36. The van der Waals surface area contributed by atoms with Crippen molar-refractivity contribution in [2.24, 2.45) is 0 Å². The Balaban J connectivity index is 2.20. The van der Waals surface area contributed by atoms with Gasteiger partial charge in [-0.25, -0.2) is 9.97 Å². The average Bonchev–Trinajstić information content (AvgIpc) is 2.20. The van der Waals surface area contributed by atoms with Gasteiger partial charge in [0.15, 0.2) is 5.82 Å². The van der Waals surface area contributed by atoms with Gasteiger partial charge in [0, 0.05) is 13.1 Å². The molecule has 1 aromatic rings. The van der Waals surface area contributed by atoms with Crippen molar-refractivity contribution in [3.8, 4) is 0 Å². The lowest BCUT2D eigenvalue weighted by atomic mass is 10.3. The van der Waals surface area contributed by atoms with Gasteiger partial charge in [0.1, 0.15) is 5.82 Å². The Bertz CT molecular complexity index is 336. The second-order valence-electron chi connectivity index (χ2n) is 3.02. The first kappa shape index (κ1) is 8.89. The van der Waals surface area contributed by atoms with Crippen LogP contribution >= 0.6 is 0 Å². The normalized spacial score (nSPS) is 17.1. The van der Waals surface area contributed by atoms with Gasteiger partial charge < -0.3 is 11.1 Å². The van der Waals surface area contributed by atoms with Crippen molar-refractivity contribution in [1.82, 2.24) is 15.3 Å². The Morgan fingerprint density at radius 2 is 2.29 bits per heavy atom. The van der Waals surface area contributed by atoms with Gasteiger partial charge in [-0.1, -0.05) is 0 Å². The molecule has 0 saturated carbocycles. The van der Waals surface area contributed by atoms with Crippen LogP contribution in [-0.4, -0.2) is 35.5 Å². The van der Waals surface area contributed by atoms with Gasteiger partial charge in [-0.15, -0.1) is 0 Å². The molecule has 1 fully saturated rings. The third-order valence-electron chi connectivity index (χ3n) is 2.02. The van der Waals surface area contributed by atoms with Gasteiger partial charge in [0.25, 0.3) is 0 Å². The number of nitrogens with one attached hydrogen (secondary N) is 1. The van der Waals surface area contributed by atoms with Crippen molar-refractivity contribution in [2.75, 3.05) is 30.3 Å². The molecule has 0 radical (unpaired) electrons. The van der Waals surface area contributed by atoms with Crippen LogP contribution in [-0.2, 0) is 4.79 Å². The summed E-state index contributed by atoms with van der Waals surface area (Å²) in [6.45, 7) is 1.75. The highest BCUT2D eigenvalue weighted by Gasteiger charge is 2.20. The molecular weight excluding hydrogens is 182 g/mol. The number of hydrogen-bond donors (Lipinski definition) is 2. The maximum atomic E-state index is 11.4. The average molecular weight is 193 g/mol. The summed E-state index contributed by atoms with van der Waals surface area (Å²) >= 11 is 0. The molecule has 6 nitrogen and oxygen atoms in total. The molecule has 1 aromatic heterocycles. The zero-order valence-electron chi connectivity index (χ0n) is 7.60. The molecule has 1 aliphatic rings. The van der Waals surface area contributed by atoms with Crippen LogP contribution in [0.15, 0.2) is 12.4 Å². The van der Waals surface area contributed by atoms with Crippen LogP contribution in [0.3, 0.4) is 0 Å². The zero-order chi connectivity index (χ0) is 9.97. The van der Waals surface area contributed by atoms with Crippen molar-refractivity contribution in [2.45, 2.75) is 0 Å². The summed E-state index contributed by atoms with van der Waals surface area (Å²) in [5.74, 6) is 0.928. The summed E-state index contributed by atoms with van der Waals surface area (Å²) < 4.78 is 0. The molecular formula is C8H11N5O. The van der Waals surface area contributed by atoms with Crippen molar-refractivity contribution < 1.29 is 4.79 Å². The van der Waals surface area contributed by atoms with Crippen molar-refractivity contribution >= 4 is 17.5 Å². The third kappa shape index (κ3) is 1.64. The quantitative estimate of drug-likeness (QED) is 0.597. The molecule has 2 heterocycles. The second kappa shape index (κ2) is 3.59. The highest BCUT2D eigenvalue weighted by Crippen LogP contribution is 2.10. The minimum atomic E-state index is 0.00956. The monoisotopic (exact) mass is 193 g/mol. The first-order valence-corrected chi connectivity index (χ1v) is 4.36. The minimum absolute atomic E-state index is 0.00956. The summed E-state index contributed by atoms with van der Waals surface area (Å²) in [6, 6.07) is 0. The standard InChI is InChI=1S/C8H11N5O/c9-6-3-12-7(4-11-6)13-2-1-10-5-8(13)14/h3-4,10H,1-2,5H2,(H2,9,11). The maximum absolute atomic E-state index is 11.4. The predicted octanol–water partition coefficient (Wildman–Crippen LogP) is -1.01. The van der Waals surface area contributed by atoms with E-state index in [2.05, 4.69) is 15.3 Å². The summed E-state index contributed by atoms with van der Waals surface area (Å²) in [5, 5.41) is 2.98. The lowest BCUT2D eigenvalue weighted by molar-refractivity contribution is -0.118. The van der Waals surface area contributed by atoms with Crippen LogP contribution in [0.5, 0.6) is 0 Å². The van der Waals surface area contributed by atoms with E-state index >= 15 is 0 Å². The van der Waals surface area contributed by atoms with E-state index in [1.807, 2.05) is 0 Å². The fraction of sp³-hybridized carbons (Fsp3) is 0.375. The number of piperazine rings is 1. The molecule has 0 unspecified atom stereocenters. The molecule has 0 bridgehead atoms. The number of amides is 1. The van der Waals surface area contributed by atoms with Crippen molar-refractivity contribution in [1.29, 1.82) is 0 Å². The van der Waals surface area contributed by atoms with Crippen LogP contribution < -0.4 is 16.0 Å². The Morgan fingerprint density at radius 3 is 2.93 bits per heavy atom. The maximum Gasteiger partial charge on any atom is 0.242 e. The molecule has 6 heteroatoms. The van der Waals surface area contributed by atoms with Gasteiger partial charge in [0.2, 0.25) is 5.91 Å². The molecule has 2 rings (SSSR count). The lowest BCUT2D eigenvalue weighted by Gasteiger charge is -2.25. The molecule has 0 spiro atoms. The first-order chi connectivity index (χ1) is 6.77. The van der Waals surface area contributed by atoms with Gasteiger partial charge >= 0.3 is 0 Å². The van der Waals surface area contributed by atoms with Gasteiger partial charge in [-0.2, -0.15) is 0 Å². The number of rotatable bonds is 1. The Kier molecular flexibility index (Phi) is 2.28. The smallest absolute Gasteiger partial charge is 0.242 e. The van der Waals surface area contributed by atoms with Gasteiger partial charge in [0.05, 0.1) is 18.9 Å². The van der Waals surface area contributed by atoms with Crippen LogP contribution in [0.4, 0.5) is 11.6 Å². The van der Waals surface area contributed by atoms with Crippen molar-refractivity contribution in [3.05, 3.63) is 12.4 Å². The minimum Gasteiger partial charge on any atom is -0.382 e. The molecule has 0 atom stereocenters. The molecule has 1 amide bonds. The van der Waals surface area contributed by atoms with Crippen LogP contribution in [0, 0.1) is 0 Å². The molecule has 3 N–H and O–H groups in total. The van der Waals surface area contributed by atoms with Crippen LogP contribution in [0.25, 0.3) is 0 Å². The summed E-state index contributed by atoms with van der Waals surface area (Å²) in [5.41, 5.74) is 5.40. The largest absolute Gasteiger partial charge is 0.382 e. The SMILES string of the molecule is Nc1cnc(N2CCNCC2=O)cn1. The predicted molar refractivity (Wildman–Crippen MR) is 51.7 cm³/mol. The number of aromatic nitrogens is 2. The van der Waals surface area contributed by atoms with Crippen molar-refractivity contribution in [3.63, 3.8) is 0 Å². The lowest BCUT2D eigenvalue weighted by Crippen LogP contribution is -2.48. The van der Waals surface area contributed by atoms with E-state index in [0.29, 0.717) is 24.7 Å². The van der Waals surface area contributed by atoms with E-state index in [9.17, 15) is 4.79 Å². The highest BCUT2D eigenvalue weighted by molar-refractivity contribution is 5.94. The number of carbonyl (C=O) groups is 1. The fourth-order valence-corrected chi connectivity index (χ4v) is 1.32. The molecule has 0 aliphatic carbocycles. The molecule has 74 valence electrons. The van der Waals surface area contributed by atoms with E-state index < -0.39 is 0 Å². The summed E-state index contributed by atoms with van der Waals surface area (Å²) in [7, 11) is 0. The second-order valence-corrected chi connectivity index (χ2v) is 3.02. The number of carbonyl (C=O) groups excluding carboxylic acids is 1. The van der Waals surface area contributed by atoms with Gasteiger partial charge in [-0.05, 0) is 0 Å². The van der Waals surface area contributed by atoms with Gasteiger partial charge in [-0.3, -0.25) is 9.69 Å². The highest BCUT2D eigenvalue weighted by atomic mass is 16.2. The van der Waals surface area contributed by atoms with Crippen LogP contribution in [0.1, 0.15) is 0 Å². The summed E-state index contributed by atoms with van der Waals surface area (Å²) in [4.78, 5) is 21.0. The Labute approximate surface area is 81.1 Å². The van der Waals surface area contributed by atoms with E-state index in [4.69, 9.17) is 5.73 Å².